The maximum absolute atomic E-state index is 13.0. The fourth-order valence-electron chi connectivity index (χ4n) is 3.86. The van der Waals surface area contributed by atoms with Crippen molar-refractivity contribution in [3.05, 3.63) is 28.8 Å². The number of anilines is 1. The molecule has 1 atom stereocenters. The van der Waals surface area contributed by atoms with E-state index in [2.05, 4.69) is 5.32 Å². The van der Waals surface area contributed by atoms with E-state index in [1.807, 2.05) is 24.0 Å². The lowest BCUT2D eigenvalue weighted by molar-refractivity contribution is -0.0562. The summed E-state index contributed by atoms with van der Waals surface area (Å²) in [6.07, 6.45) is 6.55. The number of carbonyl (C=O) groups is 1. The number of morpholine rings is 1. The first kappa shape index (κ1) is 17.6. The number of hydrogen-bond acceptors (Lipinski definition) is 3. The third kappa shape index (κ3) is 4.04. The van der Waals surface area contributed by atoms with Gasteiger partial charge in [0.2, 0.25) is 0 Å². The van der Waals surface area contributed by atoms with E-state index in [0.29, 0.717) is 36.2 Å². The topological polar surface area (TPSA) is 41.6 Å². The molecule has 1 aromatic rings. The van der Waals surface area contributed by atoms with Crippen molar-refractivity contribution >= 4 is 23.2 Å². The van der Waals surface area contributed by atoms with Crippen molar-refractivity contribution in [1.82, 2.24) is 4.90 Å². The molecule has 1 amide bonds. The Morgan fingerprint density at radius 3 is 2.88 bits per heavy atom. The molecule has 4 nitrogen and oxygen atoms in total. The van der Waals surface area contributed by atoms with Crippen LogP contribution in [0.1, 0.15) is 49.4 Å². The molecule has 0 spiro atoms. The Hall–Kier alpha value is -1.26. The van der Waals surface area contributed by atoms with Gasteiger partial charge in [-0.15, -0.1) is 0 Å². The fraction of sp³-hybridized carbons (Fsp3) is 0.632. The van der Waals surface area contributed by atoms with Crippen LogP contribution in [0.3, 0.4) is 0 Å². The largest absolute Gasteiger partial charge is 0.385 e. The number of hydrogen-bond donors (Lipinski definition) is 1. The number of carbonyl (C=O) groups excluding carboxylic acids is 1. The Labute approximate surface area is 149 Å². The molecule has 1 unspecified atom stereocenters. The monoisotopic (exact) mass is 350 g/mol. The number of benzene rings is 1. The van der Waals surface area contributed by atoms with Gasteiger partial charge in [0.1, 0.15) is 0 Å². The molecule has 1 heterocycles. The minimum Gasteiger partial charge on any atom is -0.385 e. The summed E-state index contributed by atoms with van der Waals surface area (Å²) < 4.78 is 6.00. The molecule has 1 N–H and O–H groups in total. The minimum atomic E-state index is 0.0533. The molecule has 2 fully saturated rings. The van der Waals surface area contributed by atoms with E-state index in [4.69, 9.17) is 16.3 Å². The van der Waals surface area contributed by atoms with Crippen molar-refractivity contribution < 1.29 is 9.53 Å². The highest BCUT2D eigenvalue weighted by Crippen LogP contribution is 2.30. The summed E-state index contributed by atoms with van der Waals surface area (Å²) in [5.41, 5.74) is 1.52. The Morgan fingerprint density at radius 1 is 1.33 bits per heavy atom. The van der Waals surface area contributed by atoms with E-state index < -0.39 is 0 Å². The Kier molecular flexibility index (Phi) is 6.01. The zero-order valence-corrected chi connectivity index (χ0v) is 15.1. The summed E-state index contributed by atoms with van der Waals surface area (Å²) in [6.45, 7) is 4.78. The van der Waals surface area contributed by atoms with Crippen molar-refractivity contribution in [3.63, 3.8) is 0 Å². The van der Waals surface area contributed by atoms with Gasteiger partial charge in [-0.1, -0.05) is 30.9 Å². The van der Waals surface area contributed by atoms with Gasteiger partial charge in [-0.2, -0.15) is 0 Å². The van der Waals surface area contributed by atoms with Crippen LogP contribution in [-0.4, -0.2) is 43.2 Å². The SMILES string of the molecule is CCNc1ccc(Cl)cc1C(=O)N1CCOC(C2CCCCC2)C1. The minimum absolute atomic E-state index is 0.0533. The normalized spacial score (nSPS) is 22.4. The Morgan fingerprint density at radius 2 is 2.12 bits per heavy atom. The van der Waals surface area contributed by atoms with Crippen LogP contribution in [0.25, 0.3) is 0 Å². The average molecular weight is 351 g/mol. The highest BCUT2D eigenvalue weighted by Gasteiger charge is 2.32. The second kappa shape index (κ2) is 8.21. The van der Waals surface area contributed by atoms with Crippen LogP contribution in [0.15, 0.2) is 18.2 Å². The third-order valence-corrected chi connectivity index (χ3v) is 5.37. The standard InChI is InChI=1S/C19H27ClN2O2/c1-2-21-17-9-8-15(20)12-16(17)19(23)22-10-11-24-18(13-22)14-6-4-3-5-7-14/h8-9,12,14,18,21H,2-7,10-11,13H2,1H3. The first-order valence-corrected chi connectivity index (χ1v) is 9.51. The Balaban J connectivity index is 1.73. The second-order valence-electron chi connectivity index (χ2n) is 6.78. The molecule has 0 aromatic heterocycles. The molecule has 0 bridgehead atoms. The van der Waals surface area contributed by atoms with Crippen molar-refractivity contribution in [2.24, 2.45) is 5.92 Å². The van der Waals surface area contributed by atoms with Crippen LogP contribution in [0.2, 0.25) is 5.02 Å². The van der Waals surface area contributed by atoms with Crippen LogP contribution >= 0.6 is 11.6 Å². The predicted molar refractivity (Wildman–Crippen MR) is 97.8 cm³/mol. The second-order valence-corrected chi connectivity index (χ2v) is 7.22. The molecule has 24 heavy (non-hydrogen) atoms. The first-order valence-electron chi connectivity index (χ1n) is 9.13. The van der Waals surface area contributed by atoms with Crippen molar-refractivity contribution in [2.45, 2.75) is 45.1 Å². The van der Waals surface area contributed by atoms with Crippen molar-refractivity contribution in [3.8, 4) is 0 Å². The van der Waals surface area contributed by atoms with E-state index in [1.54, 1.807) is 6.07 Å². The highest BCUT2D eigenvalue weighted by molar-refractivity contribution is 6.31. The Bertz CT molecular complexity index is 572. The number of nitrogens with one attached hydrogen (secondary N) is 1. The van der Waals surface area contributed by atoms with Gasteiger partial charge < -0.3 is 15.0 Å². The molecule has 3 rings (SSSR count). The maximum atomic E-state index is 13.0. The van der Waals surface area contributed by atoms with Gasteiger partial charge in [-0.05, 0) is 43.9 Å². The number of nitrogens with zero attached hydrogens (tertiary/aromatic N) is 1. The maximum Gasteiger partial charge on any atom is 0.256 e. The lowest BCUT2D eigenvalue weighted by Gasteiger charge is -2.38. The van der Waals surface area contributed by atoms with Crippen LogP contribution in [-0.2, 0) is 4.74 Å². The average Bonchev–Trinajstić information content (AvgIpc) is 2.63. The van der Waals surface area contributed by atoms with Gasteiger partial charge >= 0.3 is 0 Å². The van der Waals surface area contributed by atoms with Crippen LogP contribution in [0.4, 0.5) is 5.69 Å². The smallest absolute Gasteiger partial charge is 0.256 e. The van der Waals surface area contributed by atoms with Crippen molar-refractivity contribution in [1.29, 1.82) is 0 Å². The van der Waals surface area contributed by atoms with Gasteiger partial charge in [-0.25, -0.2) is 0 Å². The molecule has 0 radical (unpaired) electrons. The first-order chi connectivity index (χ1) is 11.7. The van der Waals surface area contributed by atoms with E-state index in [-0.39, 0.29) is 12.0 Å². The highest BCUT2D eigenvalue weighted by atomic mass is 35.5. The van der Waals surface area contributed by atoms with Gasteiger partial charge in [0.05, 0.1) is 18.3 Å². The molecule has 132 valence electrons. The van der Waals surface area contributed by atoms with Crippen molar-refractivity contribution in [2.75, 3.05) is 31.6 Å². The van der Waals surface area contributed by atoms with Gasteiger partial charge in [-0.3, -0.25) is 4.79 Å². The molecule has 1 saturated heterocycles. The fourth-order valence-corrected chi connectivity index (χ4v) is 4.03. The molecule has 1 aliphatic carbocycles. The van der Waals surface area contributed by atoms with Gasteiger partial charge in [0.25, 0.3) is 5.91 Å². The van der Waals surface area contributed by atoms with E-state index >= 15 is 0 Å². The molecular weight excluding hydrogens is 324 g/mol. The molecule has 1 saturated carbocycles. The van der Waals surface area contributed by atoms with Crippen LogP contribution in [0, 0.1) is 5.92 Å². The van der Waals surface area contributed by atoms with Gasteiger partial charge in [0, 0.05) is 30.3 Å². The lowest BCUT2D eigenvalue weighted by atomic mass is 9.84. The molecule has 2 aliphatic rings. The summed E-state index contributed by atoms with van der Waals surface area (Å²) in [4.78, 5) is 15.0. The third-order valence-electron chi connectivity index (χ3n) is 5.14. The van der Waals surface area contributed by atoms with E-state index in [0.717, 1.165) is 12.2 Å². The lowest BCUT2D eigenvalue weighted by Crippen LogP contribution is -2.48. The summed E-state index contributed by atoms with van der Waals surface area (Å²) >= 11 is 6.13. The summed E-state index contributed by atoms with van der Waals surface area (Å²) in [5.74, 6) is 0.652. The van der Waals surface area contributed by atoms with Crippen LogP contribution in [0.5, 0.6) is 0 Å². The van der Waals surface area contributed by atoms with E-state index in [1.165, 1.54) is 32.1 Å². The number of rotatable bonds is 4. The summed E-state index contributed by atoms with van der Waals surface area (Å²) in [7, 11) is 0. The number of halogens is 1. The van der Waals surface area contributed by atoms with Crippen LogP contribution < -0.4 is 5.32 Å². The van der Waals surface area contributed by atoms with E-state index in [9.17, 15) is 4.79 Å². The molecule has 1 aliphatic heterocycles. The quantitative estimate of drug-likeness (QED) is 0.885. The molecule has 5 heteroatoms. The zero-order valence-electron chi connectivity index (χ0n) is 14.4. The predicted octanol–water partition coefficient (Wildman–Crippen LogP) is 4.19. The zero-order chi connectivity index (χ0) is 16.9. The summed E-state index contributed by atoms with van der Waals surface area (Å²) in [5, 5.41) is 3.86. The van der Waals surface area contributed by atoms with Gasteiger partial charge in [0.15, 0.2) is 0 Å². The molecular formula is C19H27ClN2O2. The number of amides is 1. The molecule has 1 aromatic carbocycles. The number of ether oxygens (including phenoxy) is 1. The summed E-state index contributed by atoms with van der Waals surface area (Å²) in [6, 6.07) is 5.48.